The molecule has 1 aliphatic carbocycles. The van der Waals surface area contributed by atoms with Gasteiger partial charge in [0.1, 0.15) is 0 Å². The van der Waals surface area contributed by atoms with E-state index in [0.29, 0.717) is 5.92 Å². The topological polar surface area (TPSA) is 46.3 Å². The number of halogens is 1. The van der Waals surface area contributed by atoms with Crippen molar-refractivity contribution in [3.63, 3.8) is 0 Å². The van der Waals surface area contributed by atoms with Crippen molar-refractivity contribution in [1.29, 1.82) is 0 Å². The number of urea groups is 1. The number of piperidine rings is 1. The second kappa shape index (κ2) is 3.65. The minimum Gasteiger partial charge on any atom is -0.351 e. The van der Waals surface area contributed by atoms with Crippen LogP contribution in [0.15, 0.2) is 23.3 Å². The molecule has 0 bridgehead atoms. The molecule has 1 aliphatic heterocycles. The molecule has 0 aromatic heterocycles. The number of amides is 2. The predicted octanol–water partition coefficient (Wildman–Crippen LogP) is 1.84. The maximum atomic E-state index is 11.2. The minimum absolute atomic E-state index is 0.115. The maximum Gasteiger partial charge on any atom is 0.315 e. The molecule has 2 amide bonds. The SMILES string of the molecule is NC(=O)N1CCCC2C=C(Cl)C=CC21. The Morgan fingerprint density at radius 2 is 2.43 bits per heavy atom. The summed E-state index contributed by atoms with van der Waals surface area (Å²) in [5.41, 5.74) is 5.31. The van der Waals surface area contributed by atoms with Crippen molar-refractivity contribution >= 4 is 17.6 Å². The average molecular weight is 213 g/mol. The van der Waals surface area contributed by atoms with Gasteiger partial charge in [-0.2, -0.15) is 0 Å². The van der Waals surface area contributed by atoms with E-state index in [1.165, 1.54) is 0 Å². The number of nitrogens with two attached hydrogens (primary N) is 1. The molecule has 1 saturated heterocycles. The van der Waals surface area contributed by atoms with Gasteiger partial charge in [-0.1, -0.05) is 23.8 Å². The van der Waals surface area contributed by atoms with E-state index >= 15 is 0 Å². The van der Waals surface area contributed by atoms with Crippen molar-refractivity contribution in [1.82, 2.24) is 4.90 Å². The molecule has 0 aromatic rings. The van der Waals surface area contributed by atoms with Gasteiger partial charge in [-0.15, -0.1) is 0 Å². The molecule has 1 heterocycles. The van der Waals surface area contributed by atoms with Crippen LogP contribution < -0.4 is 5.73 Å². The molecule has 2 aliphatic rings. The van der Waals surface area contributed by atoms with Crippen LogP contribution >= 0.6 is 11.6 Å². The fourth-order valence-electron chi connectivity index (χ4n) is 2.18. The first-order chi connectivity index (χ1) is 6.68. The summed E-state index contributed by atoms with van der Waals surface area (Å²) in [6.45, 7) is 0.756. The molecule has 2 rings (SSSR count). The molecule has 0 aromatic carbocycles. The van der Waals surface area contributed by atoms with E-state index in [4.69, 9.17) is 17.3 Å². The summed E-state index contributed by atoms with van der Waals surface area (Å²) in [6, 6.07) is -0.223. The summed E-state index contributed by atoms with van der Waals surface area (Å²) in [7, 11) is 0. The van der Waals surface area contributed by atoms with Crippen molar-refractivity contribution < 1.29 is 4.79 Å². The van der Waals surface area contributed by atoms with Crippen molar-refractivity contribution in [3.05, 3.63) is 23.3 Å². The second-order valence-electron chi connectivity index (χ2n) is 3.74. The standard InChI is InChI=1S/C10H13ClN2O/c11-8-3-4-9-7(6-8)2-1-5-13(9)10(12)14/h3-4,6-7,9H,1-2,5H2,(H2,12,14). The van der Waals surface area contributed by atoms with Crippen molar-refractivity contribution in [2.24, 2.45) is 11.7 Å². The summed E-state index contributed by atoms with van der Waals surface area (Å²) >= 11 is 5.90. The lowest BCUT2D eigenvalue weighted by Crippen LogP contribution is -2.49. The fourth-order valence-corrected chi connectivity index (χ4v) is 2.42. The molecular weight excluding hydrogens is 200 g/mol. The van der Waals surface area contributed by atoms with Gasteiger partial charge in [0.15, 0.2) is 0 Å². The average Bonchev–Trinajstić information content (AvgIpc) is 2.16. The van der Waals surface area contributed by atoms with Gasteiger partial charge in [-0.05, 0) is 18.9 Å². The van der Waals surface area contributed by atoms with E-state index in [0.717, 1.165) is 24.4 Å². The highest BCUT2D eigenvalue weighted by Gasteiger charge is 2.31. The fraction of sp³-hybridized carbons (Fsp3) is 0.500. The first-order valence-electron chi connectivity index (χ1n) is 4.80. The van der Waals surface area contributed by atoms with Gasteiger partial charge in [-0.25, -0.2) is 4.79 Å². The van der Waals surface area contributed by atoms with Gasteiger partial charge in [0.2, 0.25) is 0 Å². The Hall–Kier alpha value is -0.960. The molecule has 0 spiro atoms. The Morgan fingerprint density at radius 1 is 1.64 bits per heavy atom. The van der Waals surface area contributed by atoms with Crippen LogP contribution in [0, 0.1) is 5.92 Å². The third-order valence-corrected chi connectivity index (χ3v) is 3.10. The lowest BCUT2D eigenvalue weighted by Gasteiger charge is -2.39. The van der Waals surface area contributed by atoms with Gasteiger partial charge in [0.05, 0.1) is 6.04 Å². The molecule has 1 fully saturated rings. The zero-order valence-corrected chi connectivity index (χ0v) is 8.57. The molecule has 0 radical (unpaired) electrons. The first-order valence-corrected chi connectivity index (χ1v) is 5.18. The third kappa shape index (κ3) is 1.64. The van der Waals surface area contributed by atoms with E-state index in [2.05, 4.69) is 0 Å². The summed E-state index contributed by atoms with van der Waals surface area (Å²) in [5, 5.41) is 0.762. The van der Waals surface area contributed by atoms with Crippen molar-refractivity contribution in [2.45, 2.75) is 18.9 Å². The number of likely N-dealkylation sites (tertiary alicyclic amines) is 1. The smallest absolute Gasteiger partial charge is 0.315 e. The third-order valence-electron chi connectivity index (χ3n) is 2.84. The lowest BCUT2D eigenvalue weighted by atomic mass is 9.86. The van der Waals surface area contributed by atoms with Crippen LogP contribution in [-0.2, 0) is 0 Å². The van der Waals surface area contributed by atoms with E-state index in [1.54, 1.807) is 4.90 Å². The number of hydrogen-bond donors (Lipinski definition) is 1. The summed E-state index contributed by atoms with van der Waals surface area (Å²) < 4.78 is 0. The van der Waals surface area contributed by atoms with Crippen LogP contribution in [0.4, 0.5) is 4.79 Å². The molecule has 0 saturated carbocycles. The van der Waals surface area contributed by atoms with E-state index in [9.17, 15) is 4.79 Å². The zero-order chi connectivity index (χ0) is 10.1. The Bertz CT molecular complexity index is 311. The molecule has 2 atom stereocenters. The number of rotatable bonds is 0. The number of nitrogens with zero attached hydrogens (tertiary/aromatic N) is 1. The van der Waals surface area contributed by atoms with E-state index < -0.39 is 0 Å². The lowest BCUT2D eigenvalue weighted by molar-refractivity contribution is 0.157. The second-order valence-corrected chi connectivity index (χ2v) is 4.18. The van der Waals surface area contributed by atoms with Crippen molar-refractivity contribution in [2.75, 3.05) is 6.54 Å². The monoisotopic (exact) mass is 212 g/mol. The highest BCUT2D eigenvalue weighted by molar-refractivity contribution is 6.31. The number of carbonyl (C=O) groups excluding carboxylic acids is 1. The van der Waals surface area contributed by atoms with Gasteiger partial charge in [0, 0.05) is 17.5 Å². The molecular formula is C10H13ClN2O. The minimum atomic E-state index is -0.337. The largest absolute Gasteiger partial charge is 0.351 e. The Labute approximate surface area is 88.2 Å². The van der Waals surface area contributed by atoms with E-state index in [-0.39, 0.29) is 12.1 Å². The van der Waals surface area contributed by atoms with Gasteiger partial charge in [0.25, 0.3) is 0 Å². The summed E-state index contributed by atoms with van der Waals surface area (Å²) in [4.78, 5) is 12.9. The number of fused-ring (bicyclic) bond motifs is 1. The number of primary amides is 1. The summed E-state index contributed by atoms with van der Waals surface area (Å²) in [6.07, 6.45) is 7.90. The van der Waals surface area contributed by atoms with Gasteiger partial charge in [-0.3, -0.25) is 0 Å². The Balaban J connectivity index is 2.20. The van der Waals surface area contributed by atoms with Crippen molar-refractivity contribution in [3.8, 4) is 0 Å². The van der Waals surface area contributed by atoms with Gasteiger partial charge >= 0.3 is 6.03 Å². The number of allylic oxidation sites excluding steroid dienone is 2. The molecule has 2 unspecified atom stereocenters. The van der Waals surface area contributed by atoms with E-state index in [1.807, 2.05) is 18.2 Å². The Morgan fingerprint density at radius 3 is 3.14 bits per heavy atom. The van der Waals surface area contributed by atoms with Crippen LogP contribution in [0.2, 0.25) is 0 Å². The quantitative estimate of drug-likeness (QED) is 0.655. The predicted molar refractivity (Wildman–Crippen MR) is 55.9 cm³/mol. The number of carbonyl (C=O) groups is 1. The molecule has 4 heteroatoms. The molecule has 2 N–H and O–H groups in total. The highest BCUT2D eigenvalue weighted by Crippen LogP contribution is 2.30. The van der Waals surface area contributed by atoms with Crippen LogP contribution in [-0.4, -0.2) is 23.5 Å². The van der Waals surface area contributed by atoms with Crippen LogP contribution in [0.3, 0.4) is 0 Å². The highest BCUT2D eigenvalue weighted by atomic mass is 35.5. The molecule has 3 nitrogen and oxygen atoms in total. The van der Waals surface area contributed by atoms with Crippen LogP contribution in [0.1, 0.15) is 12.8 Å². The number of hydrogen-bond acceptors (Lipinski definition) is 1. The first kappa shape index (κ1) is 9.59. The van der Waals surface area contributed by atoms with Crippen LogP contribution in [0.5, 0.6) is 0 Å². The molecule has 14 heavy (non-hydrogen) atoms. The van der Waals surface area contributed by atoms with Gasteiger partial charge < -0.3 is 10.6 Å². The van der Waals surface area contributed by atoms with Crippen LogP contribution in [0.25, 0.3) is 0 Å². The Kier molecular flexibility index (Phi) is 2.50. The normalized spacial score (nSPS) is 30.9. The zero-order valence-electron chi connectivity index (χ0n) is 7.82. The molecule has 76 valence electrons. The maximum absolute atomic E-state index is 11.2. The summed E-state index contributed by atoms with van der Waals surface area (Å²) in [5.74, 6) is 0.341.